The van der Waals surface area contributed by atoms with Crippen molar-refractivity contribution in [3.63, 3.8) is 0 Å². The van der Waals surface area contributed by atoms with Gasteiger partial charge in [0.2, 0.25) is 4.77 Å². The van der Waals surface area contributed by atoms with Crippen molar-refractivity contribution in [2.24, 2.45) is 7.05 Å². The first-order valence-corrected chi connectivity index (χ1v) is 5.11. The second-order valence-electron chi connectivity index (χ2n) is 3.63. The van der Waals surface area contributed by atoms with Gasteiger partial charge < -0.3 is 4.42 Å². The monoisotopic (exact) mass is 223 g/mol. The van der Waals surface area contributed by atoms with Crippen LogP contribution in [-0.4, -0.2) is 14.8 Å². The number of nitrogens with zero attached hydrogens (tertiary/aromatic N) is 2. The van der Waals surface area contributed by atoms with Crippen molar-refractivity contribution in [2.75, 3.05) is 0 Å². The smallest absolute Gasteiger partial charge is 0.216 e. The summed E-state index contributed by atoms with van der Waals surface area (Å²) in [7, 11) is 1.84. The Bertz CT molecular complexity index is 562. The minimum absolute atomic E-state index is 0.544. The van der Waals surface area contributed by atoms with E-state index >= 15 is 0 Å². The van der Waals surface area contributed by atoms with Crippen LogP contribution in [0, 0.1) is 25.5 Å². The SMILES string of the molecule is Cc1oc(C)c(-c2nc(=S)n(C)[nH]2)c1C. The third-order valence-electron chi connectivity index (χ3n) is 2.57. The van der Waals surface area contributed by atoms with Crippen molar-refractivity contribution in [1.82, 2.24) is 14.8 Å². The van der Waals surface area contributed by atoms with Crippen molar-refractivity contribution in [3.8, 4) is 11.4 Å². The zero-order chi connectivity index (χ0) is 11.2. The number of hydrogen-bond donors (Lipinski definition) is 1. The molecule has 0 unspecified atom stereocenters. The Hall–Kier alpha value is -1.36. The molecule has 0 aliphatic heterocycles. The molecule has 0 spiro atoms. The topological polar surface area (TPSA) is 46.8 Å². The van der Waals surface area contributed by atoms with Gasteiger partial charge in [0, 0.05) is 12.6 Å². The van der Waals surface area contributed by atoms with E-state index in [0.717, 1.165) is 28.5 Å². The molecule has 2 rings (SSSR count). The number of rotatable bonds is 1. The van der Waals surface area contributed by atoms with Gasteiger partial charge in [-0.2, -0.15) is 4.98 Å². The van der Waals surface area contributed by atoms with Gasteiger partial charge in [0.05, 0.1) is 5.56 Å². The van der Waals surface area contributed by atoms with Crippen molar-refractivity contribution < 1.29 is 4.42 Å². The molecule has 2 aromatic heterocycles. The number of nitrogens with one attached hydrogen (secondary N) is 1. The van der Waals surface area contributed by atoms with Crippen LogP contribution < -0.4 is 0 Å². The summed E-state index contributed by atoms with van der Waals surface area (Å²) in [5.41, 5.74) is 2.12. The summed E-state index contributed by atoms with van der Waals surface area (Å²) < 4.78 is 7.80. The fourth-order valence-corrected chi connectivity index (χ4v) is 1.79. The van der Waals surface area contributed by atoms with Crippen LogP contribution in [0.5, 0.6) is 0 Å². The van der Waals surface area contributed by atoms with Crippen LogP contribution in [0.2, 0.25) is 0 Å². The number of aromatic nitrogens is 3. The Morgan fingerprint density at radius 3 is 2.33 bits per heavy atom. The highest BCUT2D eigenvalue weighted by Gasteiger charge is 2.15. The molecular weight excluding hydrogens is 210 g/mol. The Balaban J connectivity index is 2.68. The minimum Gasteiger partial charge on any atom is -0.466 e. The Labute approximate surface area is 92.9 Å². The third kappa shape index (κ3) is 1.52. The van der Waals surface area contributed by atoms with Crippen LogP contribution >= 0.6 is 12.2 Å². The quantitative estimate of drug-likeness (QED) is 0.756. The van der Waals surface area contributed by atoms with Gasteiger partial charge in [0.1, 0.15) is 11.5 Å². The van der Waals surface area contributed by atoms with Crippen LogP contribution in [0.1, 0.15) is 17.1 Å². The summed E-state index contributed by atoms with van der Waals surface area (Å²) in [5.74, 6) is 2.57. The van der Waals surface area contributed by atoms with E-state index in [-0.39, 0.29) is 0 Å². The Morgan fingerprint density at radius 1 is 1.27 bits per heavy atom. The number of aryl methyl sites for hydroxylation is 3. The summed E-state index contributed by atoms with van der Waals surface area (Å²) in [4.78, 5) is 4.28. The molecule has 0 saturated carbocycles. The first kappa shape index (κ1) is 10.2. The first-order chi connectivity index (χ1) is 7.00. The molecule has 5 heteroatoms. The van der Waals surface area contributed by atoms with Crippen molar-refractivity contribution >= 4 is 12.2 Å². The largest absolute Gasteiger partial charge is 0.466 e. The lowest BCUT2D eigenvalue weighted by atomic mass is 10.1. The maximum absolute atomic E-state index is 5.55. The third-order valence-corrected chi connectivity index (χ3v) is 2.93. The fourth-order valence-electron chi connectivity index (χ4n) is 1.66. The lowest BCUT2D eigenvalue weighted by Gasteiger charge is -1.95. The number of furan rings is 1. The highest BCUT2D eigenvalue weighted by Crippen LogP contribution is 2.28. The summed E-state index contributed by atoms with van der Waals surface area (Å²) in [6, 6.07) is 0. The molecule has 0 atom stereocenters. The van der Waals surface area contributed by atoms with Gasteiger partial charge in [-0.25, -0.2) is 0 Å². The Morgan fingerprint density at radius 2 is 1.93 bits per heavy atom. The minimum atomic E-state index is 0.544. The first-order valence-electron chi connectivity index (χ1n) is 4.70. The molecule has 2 aromatic rings. The van der Waals surface area contributed by atoms with Gasteiger partial charge >= 0.3 is 0 Å². The van der Waals surface area contributed by atoms with E-state index in [9.17, 15) is 0 Å². The second-order valence-corrected chi connectivity index (χ2v) is 3.99. The second kappa shape index (κ2) is 3.34. The molecule has 0 fully saturated rings. The van der Waals surface area contributed by atoms with Crippen LogP contribution in [0.3, 0.4) is 0 Å². The molecule has 0 radical (unpaired) electrons. The summed E-state index contributed by atoms with van der Waals surface area (Å²) in [6.45, 7) is 5.90. The molecule has 0 saturated heterocycles. The van der Waals surface area contributed by atoms with E-state index in [1.807, 2.05) is 27.8 Å². The molecule has 0 aliphatic rings. The highest BCUT2D eigenvalue weighted by molar-refractivity contribution is 7.71. The molecular formula is C10H13N3OS. The number of hydrogen-bond acceptors (Lipinski definition) is 3. The van der Waals surface area contributed by atoms with E-state index in [1.165, 1.54) is 0 Å². The van der Waals surface area contributed by atoms with Gasteiger partial charge in [-0.1, -0.05) is 0 Å². The predicted octanol–water partition coefficient (Wildman–Crippen LogP) is 2.66. The molecule has 2 heterocycles. The van der Waals surface area contributed by atoms with E-state index in [2.05, 4.69) is 10.1 Å². The molecule has 4 nitrogen and oxygen atoms in total. The van der Waals surface area contributed by atoms with Crippen molar-refractivity contribution in [1.29, 1.82) is 0 Å². The van der Waals surface area contributed by atoms with Gasteiger partial charge in [0.15, 0.2) is 5.82 Å². The van der Waals surface area contributed by atoms with E-state index in [1.54, 1.807) is 4.68 Å². The normalized spacial score (nSPS) is 10.9. The van der Waals surface area contributed by atoms with E-state index < -0.39 is 0 Å². The Kier molecular flexibility index (Phi) is 2.26. The molecule has 80 valence electrons. The summed E-state index contributed by atoms with van der Waals surface area (Å²) in [5, 5.41) is 3.10. The standard InChI is InChI=1S/C10H13N3OS/c1-5-6(2)14-7(3)8(5)9-11-10(15)13(4)12-9/h1-4H3,(H,11,12,15). The molecule has 15 heavy (non-hydrogen) atoms. The number of aromatic amines is 1. The van der Waals surface area contributed by atoms with E-state index in [4.69, 9.17) is 16.6 Å². The van der Waals surface area contributed by atoms with Crippen molar-refractivity contribution in [2.45, 2.75) is 20.8 Å². The average Bonchev–Trinajstić information content (AvgIpc) is 2.57. The van der Waals surface area contributed by atoms with Gasteiger partial charge in [0.25, 0.3) is 0 Å². The predicted molar refractivity (Wildman–Crippen MR) is 60.3 cm³/mol. The van der Waals surface area contributed by atoms with Gasteiger partial charge in [-0.05, 0) is 33.0 Å². The maximum atomic E-state index is 5.55. The van der Waals surface area contributed by atoms with Gasteiger partial charge in [-0.15, -0.1) is 0 Å². The lowest BCUT2D eigenvalue weighted by Crippen LogP contribution is -1.90. The zero-order valence-electron chi connectivity index (χ0n) is 9.21. The van der Waals surface area contributed by atoms with Crippen molar-refractivity contribution in [3.05, 3.63) is 21.9 Å². The molecule has 0 aromatic carbocycles. The zero-order valence-corrected chi connectivity index (χ0v) is 10.0. The van der Waals surface area contributed by atoms with Crippen LogP contribution in [-0.2, 0) is 7.05 Å². The average molecular weight is 223 g/mol. The summed E-state index contributed by atoms with van der Waals surface area (Å²) in [6.07, 6.45) is 0. The van der Waals surface area contributed by atoms with Crippen LogP contribution in [0.25, 0.3) is 11.4 Å². The van der Waals surface area contributed by atoms with Crippen LogP contribution in [0.15, 0.2) is 4.42 Å². The van der Waals surface area contributed by atoms with Crippen LogP contribution in [0.4, 0.5) is 0 Å². The number of H-pyrrole nitrogens is 1. The summed E-state index contributed by atoms with van der Waals surface area (Å²) >= 11 is 5.06. The molecule has 0 aliphatic carbocycles. The molecule has 0 bridgehead atoms. The molecule has 0 amide bonds. The lowest BCUT2D eigenvalue weighted by molar-refractivity contribution is 0.503. The maximum Gasteiger partial charge on any atom is 0.216 e. The van der Waals surface area contributed by atoms with E-state index in [0.29, 0.717) is 4.77 Å². The van der Waals surface area contributed by atoms with Gasteiger partial charge in [-0.3, -0.25) is 9.78 Å². The highest BCUT2D eigenvalue weighted by atomic mass is 32.1. The fraction of sp³-hybridized carbons (Fsp3) is 0.400. The molecule has 1 N–H and O–H groups in total.